The molecule has 3 aromatic carbocycles. The number of methoxy groups -OCH3 is 1. The molecule has 36 heavy (non-hydrogen) atoms. The van der Waals surface area contributed by atoms with Gasteiger partial charge in [-0.3, -0.25) is 9.59 Å². The number of hydrogen-bond donors (Lipinski definition) is 1. The molecule has 1 aliphatic heterocycles. The number of likely N-dealkylation sites (tertiary alicyclic amines) is 1. The summed E-state index contributed by atoms with van der Waals surface area (Å²) in [6, 6.07) is 22.9. The maximum Gasteiger partial charge on any atom is 0.295 e. The monoisotopic (exact) mass is 485 g/mol. The van der Waals surface area contributed by atoms with Crippen molar-refractivity contribution in [2.45, 2.75) is 38.8 Å². The van der Waals surface area contributed by atoms with Gasteiger partial charge in [0.15, 0.2) is 11.5 Å². The van der Waals surface area contributed by atoms with Gasteiger partial charge >= 0.3 is 0 Å². The molecule has 1 amide bonds. The van der Waals surface area contributed by atoms with Crippen LogP contribution in [0.2, 0.25) is 0 Å². The van der Waals surface area contributed by atoms with Crippen LogP contribution in [0.5, 0.6) is 11.5 Å². The quantitative estimate of drug-likeness (QED) is 0.168. The zero-order chi connectivity index (χ0) is 25.5. The van der Waals surface area contributed by atoms with Crippen molar-refractivity contribution in [1.82, 2.24) is 4.90 Å². The summed E-state index contributed by atoms with van der Waals surface area (Å²) in [5.74, 6) is -0.459. The maximum atomic E-state index is 13.3. The van der Waals surface area contributed by atoms with Crippen LogP contribution in [0.15, 0.2) is 84.4 Å². The molecule has 0 saturated carbocycles. The van der Waals surface area contributed by atoms with Gasteiger partial charge in [-0.05, 0) is 29.7 Å². The van der Waals surface area contributed by atoms with Crippen molar-refractivity contribution >= 4 is 17.4 Å². The van der Waals surface area contributed by atoms with Crippen LogP contribution < -0.4 is 9.47 Å². The SMILES string of the molecule is CCCCCOc1ccc(C2C(=C(O)c3ccccc3)C(=O)C(=O)N2Cc2ccccc2)cc1OC. The third-order valence-corrected chi connectivity index (χ3v) is 6.29. The number of hydrogen-bond acceptors (Lipinski definition) is 5. The Morgan fingerprint density at radius 3 is 2.28 bits per heavy atom. The van der Waals surface area contributed by atoms with Crippen molar-refractivity contribution in [1.29, 1.82) is 0 Å². The molecule has 1 saturated heterocycles. The van der Waals surface area contributed by atoms with E-state index >= 15 is 0 Å². The van der Waals surface area contributed by atoms with Gasteiger partial charge in [-0.15, -0.1) is 0 Å². The van der Waals surface area contributed by atoms with E-state index in [1.807, 2.05) is 42.5 Å². The molecule has 0 radical (unpaired) electrons. The average molecular weight is 486 g/mol. The van der Waals surface area contributed by atoms with Gasteiger partial charge < -0.3 is 19.5 Å². The van der Waals surface area contributed by atoms with Crippen LogP contribution in [0, 0.1) is 0 Å². The van der Waals surface area contributed by atoms with E-state index in [9.17, 15) is 14.7 Å². The van der Waals surface area contributed by atoms with E-state index in [2.05, 4.69) is 6.92 Å². The maximum absolute atomic E-state index is 13.3. The number of nitrogens with zero attached hydrogens (tertiary/aromatic N) is 1. The molecule has 6 heteroatoms. The second kappa shape index (κ2) is 11.6. The van der Waals surface area contributed by atoms with Crippen LogP contribution in [0.3, 0.4) is 0 Å². The summed E-state index contributed by atoms with van der Waals surface area (Å²) in [6.45, 7) is 2.93. The first-order chi connectivity index (χ1) is 17.5. The van der Waals surface area contributed by atoms with Gasteiger partial charge in [-0.25, -0.2) is 0 Å². The first-order valence-corrected chi connectivity index (χ1v) is 12.2. The highest BCUT2D eigenvalue weighted by molar-refractivity contribution is 6.46. The van der Waals surface area contributed by atoms with E-state index in [1.165, 1.54) is 4.90 Å². The van der Waals surface area contributed by atoms with Crippen LogP contribution in [0.4, 0.5) is 0 Å². The van der Waals surface area contributed by atoms with Crippen LogP contribution >= 0.6 is 0 Å². The topological polar surface area (TPSA) is 76.1 Å². The molecule has 4 rings (SSSR count). The lowest BCUT2D eigenvalue weighted by Crippen LogP contribution is -2.29. The molecule has 1 aliphatic rings. The first-order valence-electron chi connectivity index (χ1n) is 12.2. The molecule has 1 unspecified atom stereocenters. The van der Waals surface area contributed by atoms with E-state index in [0.29, 0.717) is 29.2 Å². The first kappa shape index (κ1) is 25.0. The summed E-state index contributed by atoms with van der Waals surface area (Å²) in [7, 11) is 1.56. The van der Waals surface area contributed by atoms with E-state index in [1.54, 1.807) is 43.5 Å². The number of aliphatic hydroxyl groups is 1. The predicted octanol–water partition coefficient (Wildman–Crippen LogP) is 5.89. The summed E-state index contributed by atoms with van der Waals surface area (Å²) in [5, 5.41) is 11.2. The Labute approximate surface area is 211 Å². The van der Waals surface area contributed by atoms with Crippen LogP contribution in [-0.2, 0) is 16.1 Å². The standard InChI is InChI=1S/C30H31NO5/c1-3-4-11-18-36-24-17-16-23(19-25(24)35-2)27-26(28(32)22-14-9-6-10-15-22)29(33)30(34)31(27)20-21-12-7-5-8-13-21/h5-10,12-17,19,27,32H,3-4,11,18,20H2,1-2H3. The summed E-state index contributed by atoms with van der Waals surface area (Å²) in [5.41, 5.74) is 2.07. The molecule has 0 aromatic heterocycles. The third-order valence-electron chi connectivity index (χ3n) is 6.29. The normalized spacial score (nSPS) is 16.8. The highest BCUT2D eigenvalue weighted by atomic mass is 16.5. The Morgan fingerprint density at radius 1 is 0.917 bits per heavy atom. The van der Waals surface area contributed by atoms with Crippen LogP contribution in [-0.4, -0.2) is 35.4 Å². The number of aliphatic hydroxyl groups excluding tert-OH is 1. The van der Waals surface area contributed by atoms with Crippen molar-refractivity contribution in [2.24, 2.45) is 0 Å². The summed E-state index contributed by atoms with van der Waals surface area (Å²) < 4.78 is 11.5. The number of Topliss-reactive ketones (excluding diaryl/α,β-unsaturated/α-hetero) is 1. The van der Waals surface area contributed by atoms with Crippen molar-refractivity contribution in [2.75, 3.05) is 13.7 Å². The fourth-order valence-electron chi connectivity index (χ4n) is 4.43. The second-order valence-corrected chi connectivity index (χ2v) is 8.74. The van der Waals surface area contributed by atoms with Gasteiger partial charge in [0.2, 0.25) is 0 Å². The third kappa shape index (κ3) is 5.28. The van der Waals surface area contributed by atoms with Crippen molar-refractivity contribution < 1.29 is 24.2 Å². The predicted molar refractivity (Wildman–Crippen MR) is 139 cm³/mol. The largest absolute Gasteiger partial charge is 0.507 e. The number of rotatable bonds is 10. The molecule has 186 valence electrons. The molecular formula is C30H31NO5. The van der Waals surface area contributed by atoms with Gasteiger partial charge in [-0.1, -0.05) is 86.5 Å². The summed E-state index contributed by atoms with van der Waals surface area (Å²) in [6.07, 6.45) is 3.12. The molecule has 1 fully saturated rings. The molecular weight excluding hydrogens is 454 g/mol. The zero-order valence-electron chi connectivity index (χ0n) is 20.6. The Bertz CT molecular complexity index is 1240. The molecule has 6 nitrogen and oxygen atoms in total. The van der Waals surface area contributed by atoms with Gasteiger partial charge in [0.25, 0.3) is 11.7 Å². The van der Waals surface area contributed by atoms with Gasteiger partial charge in [0.1, 0.15) is 5.76 Å². The zero-order valence-corrected chi connectivity index (χ0v) is 20.6. The minimum atomic E-state index is -0.784. The number of ether oxygens (including phenoxy) is 2. The van der Waals surface area contributed by atoms with Gasteiger partial charge in [0, 0.05) is 12.1 Å². The van der Waals surface area contributed by atoms with E-state index in [4.69, 9.17) is 9.47 Å². The second-order valence-electron chi connectivity index (χ2n) is 8.74. The minimum Gasteiger partial charge on any atom is -0.507 e. The number of carbonyl (C=O) groups is 2. The highest BCUT2D eigenvalue weighted by Crippen LogP contribution is 2.42. The Kier molecular flexibility index (Phi) is 8.06. The number of carbonyl (C=O) groups excluding carboxylic acids is 2. The van der Waals surface area contributed by atoms with Gasteiger partial charge in [-0.2, -0.15) is 0 Å². The van der Waals surface area contributed by atoms with E-state index < -0.39 is 17.7 Å². The molecule has 3 aromatic rings. The molecule has 0 bridgehead atoms. The lowest BCUT2D eigenvalue weighted by atomic mass is 9.95. The Morgan fingerprint density at radius 2 is 1.61 bits per heavy atom. The minimum absolute atomic E-state index is 0.0563. The molecule has 1 heterocycles. The molecule has 0 spiro atoms. The fraction of sp³-hybridized carbons (Fsp3) is 0.267. The van der Waals surface area contributed by atoms with Crippen LogP contribution in [0.1, 0.15) is 48.9 Å². The lowest BCUT2D eigenvalue weighted by molar-refractivity contribution is -0.140. The number of unbranched alkanes of at least 4 members (excludes halogenated alkanes) is 2. The Balaban J connectivity index is 1.78. The van der Waals surface area contributed by atoms with Gasteiger partial charge in [0.05, 0.1) is 25.3 Å². The lowest BCUT2D eigenvalue weighted by Gasteiger charge is -2.26. The Hall–Kier alpha value is -4.06. The number of amides is 1. The number of ketones is 1. The average Bonchev–Trinajstić information content (AvgIpc) is 3.16. The molecule has 0 aliphatic carbocycles. The molecule has 1 atom stereocenters. The highest BCUT2D eigenvalue weighted by Gasteiger charge is 2.46. The summed E-state index contributed by atoms with van der Waals surface area (Å²) >= 11 is 0. The number of benzene rings is 3. The van der Waals surface area contributed by atoms with Crippen molar-refractivity contribution in [3.05, 3.63) is 101 Å². The van der Waals surface area contributed by atoms with E-state index in [0.717, 1.165) is 24.8 Å². The fourth-order valence-corrected chi connectivity index (χ4v) is 4.43. The van der Waals surface area contributed by atoms with Crippen molar-refractivity contribution in [3.63, 3.8) is 0 Å². The summed E-state index contributed by atoms with van der Waals surface area (Å²) in [4.78, 5) is 28.0. The van der Waals surface area contributed by atoms with Crippen molar-refractivity contribution in [3.8, 4) is 11.5 Å². The smallest absolute Gasteiger partial charge is 0.295 e. The molecule has 1 N–H and O–H groups in total. The van der Waals surface area contributed by atoms with E-state index in [-0.39, 0.29) is 17.9 Å². The van der Waals surface area contributed by atoms with Crippen LogP contribution in [0.25, 0.3) is 5.76 Å².